The Morgan fingerprint density at radius 1 is 1.39 bits per heavy atom. The van der Waals surface area contributed by atoms with Crippen LogP contribution in [-0.2, 0) is 4.79 Å². The maximum atomic E-state index is 12.5. The Balaban J connectivity index is 1.66. The van der Waals surface area contributed by atoms with E-state index in [4.69, 9.17) is 26.5 Å². The van der Waals surface area contributed by atoms with Crippen LogP contribution >= 0.6 is 34.7 Å². The van der Waals surface area contributed by atoms with Crippen molar-refractivity contribution in [3.8, 4) is 11.5 Å². The predicted octanol–water partition coefficient (Wildman–Crippen LogP) is 4.66. The highest BCUT2D eigenvalue weighted by Crippen LogP contribution is 2.38. The van der Waals surface area contributed by atoms with Crippen molar-refractivity contribution in [2.24, 2.45) is 10.1 Å². The van der Waals surface area contributed by atoms with Gasteiger partial charge in [-0.1, -0.05) is 24.6 Å². The number of fused-ring (bicyclic) bond motifs is 1. The highest BCUT2D eigenvalue weighted by atomic mass is 35.5. The summed E-state index contributed by atoms with van der Waals surface area (Å²) in [5.41, 5.74) is 0.544. The van der Waals surface area contributed by atoms with Crippen molar-refractivity contribution in [1.29, 1.82) is 5.41 Å². The van der Waals surface area contributed by atoms with Crippen LogP contribution in [0.25, 0.3) is 6.08 Å². The number of benzene rings is 1. The van der Waals surface area contributed by atoms with Gasteiger partial charge in [0, 0.05) is 0 Å². The summed E-state index contributed by atoms with van der Waals surface area (Å²) in [4.78, 5) is 29.3. The Hall–Kier alpha value is -2.95. The molecule has 2 aromatic rings. The van der Waals surface area contributed by atoms with E-state index >= 15 is 0 Å². The third kappa shape index (κ3) is 4.14. The van der Waals surface area contributed by atoms with E-state index in [1.165, 1.54) is 47.4 Å². The van der Waals surface area contributed by atoms with Gasteiger partial charge in [-0.25, -0.2) is 4.79 Å². The molecule has 4 rings (SSSR count). The van der Waals surface area contributed by atoms with Crippen LogP contribution in [0.4, 0.5) is 0 Å². The van der Waals surface area contributed by atoms with Crippen LogP contribution in [0.2, 0.25) is 5.02 Å². The first-order valence-corrected chi connectivity index (χ1v) is 11.1. The molecule has 1 aromatic carbocycles. The molecule has 1 aromatic heterocycles. The first-order valence-electron chi connectivity index (χ1n) is 9.03. The Kier molecular flexibility index (Phi) is 5.94. The summed E-state index contributed by atoms with van der Waals surface area (Å²) in [6.07, 6.45) is 2.16. The minimum atomic E-state index is -0.552. The largest absolute Gasteiger partial charge is 0.493 e. The fourth-order valence-corrected chi connectivity index (χ4v) is 4.48. The molecule has 2 aliphatic rings. The van der Waals surface area contributed by atoms with Crippen molar-refractivity contribution in [3.63, 3.8) is 0 Å². The summed E-state index contributed by atoms with van der Waals surface area (Å²) in [6.45, 7) is 1.94. The number of ether oxygens (including phenoxy) is 2. The van der Waals surface area contributed by atoms with E-state index in [0.29, 0.717) is 22.0 Å². The fourth-order valence-electron chi connectivity index (χ4n) is 2.80. The number of hydrogen-bond acceptors (Lipinski definition) is 8. The second-order valence-electron chi connectivity index (χ2n) is 6.27. The van der Waals surface area contributed by atoms with Gasteiger partial charge < -0.3 is 9.47 Å². The van der Waals surface area contributed by atoms with E-state index in [0.717, 1.165) is 5.04 Å². The molecule has 1 amide bonds. The van der Waals surface area contributed by atoms with E-state index in [9.17, 15) is 9.59 Å². The molecule has 0 unspecified atom stereocenters. The van der Waals surface area contributed by atoms with Gasteiger partial charge in [0.2, 0.25) is 5.17 Å². The van der Waals surface area contributed by atoms with Gasteiger partial charge in [-0.05, 0) is 53.4 Å². The van der Waals surface area contributed by atoms with Gasteiger partial charge in [-0.15, -0.1) is 11.3 Å². The second-order valence-corrected chi connectivity index (χ2v) is 8.66. The van der Waals surface area contributed by atoms with Crippen LogP contribution in [-0.4, -0.2) is 40.0 Å². The minimum Gasteiger partial charge on any atom is -0.493 e. The van der Waals surface area contributed by atoms with Crippen LogP contribution in [0.1, 0.15) is 28.6 Å². The summed E-state index contributed by atoms with van der Waals surface area (Å²) in [7, 11) is 1.41. The number of amidine groups is 2. The molecule has 0 atom stereocenters. The van der Waals surface area contributed by atoms with Crippen LogP contribution in [0.15, 0.2) is 45.3 Å². The Labute approximate surface area is 190 Å². The molecule has 11 heteroatoms. The molecule has 31 heavy (non-hydrogen) atoms. The number of amides is 1. The van der Waals surface area contributed by atoms with Gasteiger partial charge in [-0.2, -0.15) is 15.1 Å². The number of esters is 1. The van der Waals surface area contributed by atoms with Crippen molar-refractivity contribution in [2.45, 2.75) is 13.3 Å². The predicted molar refractivity (Wildman–Crippen MR) is 123 cm³/mol. The molecule has 0 fully saturated rings. The average molecular weight is 475 g/mol. The molecule has 3 heterocycles. The normalized spacial score (nSPS) is 16.9. The second kappa shape index (κ2) is 8.66. The number of carbonyl (C=O) groups excluding carboxylic acids is 2. The highest BCUT2D eigenvalue weighted by molar-refractivity contribution is 8.26. The molecule has 158 valence electrons. The number of carbonyl (C=O) groups is 2. The van der Waals surface area contributed by atoms with Gasteiger partial charge >= 0.3 is 5.97 Å². The number of hydrazone groups is 1. The number of thiophene rings is 1. The highest BCUT2D eigenvalue weighted by Gasteiger charge is 2.35. The smallest absolute Gasteiger partial charge is 0.353 e. The average Bonchev–Trinajstić information content (AvgIpc) is 3.42. The van der Waals surface area contributed by atoms with Gasteiger partial charge in [0.1, 0.15) is 9.92 Å². The molecular weight excluding hydrogens is 460 g/mol. The third-order valence-electron chi connectivity index (χ3n) is 4.28. The van der Waals surface area contributed by atoms with Crippen LogP contribution in [0.5, 0.6) is 11.5 Å². The quantitative estimate of drug-likeness (QED) is 0.384. The Morgan fingerprint density at radius 2 is 2.19 bits per heavy atom. The molecule has 0 aliphatic carbocycles. The van der Waals surface area contributed by atoms with Crippen LogP contribution in [0.3, 0.4) is 0 Å². The van der Waals surface area contributed by atoms with E-state index in [2.05, 4.69) is 10.1 Å². The molecule has 2 aliphatic heterocycles. The minimum absolute atomic E-state index is 0.0619. The lowest BCUT2D eigenvalue weighted by Gasteiger charge is -2.20. The van der Waals surface area contributed by atoms with Crippen molar-refractivity contribution >= 4 is 68.7 Å². The number of aliphatic imine (C=N–C) groups is 1. The molecule has 1 N–H and O–H groups in total. The summed E-state index contributed by atoms with van der Waals surface area (Å²) in [6, 6.07) is 6.47. The van der Waals surface area contributed by atoms with E-state index in [1.54, 1.807) is 23.6 Å². The summed E-state index contributed by atoms with van der Waals surface area (Å²) in [5.74, 6) is -0.883. The van der Waals surface area contributed by atoms with Gasteiger partial charge in [0.15, 0.2) is 17.3 Å². The third-order valence-corrected chi connectivity index (χ3v) is 6.46. The number of thioether (sulfide) groups is 1. The number of nitrogens with one attached hydrogen (secondary N) is 1. The van der Waals surface area contributed by atoms with Crippen LogP contribution in [0, 0.1) is 5.41 Å². The fraction of sp³-hybridized carbons (Fsp3) is 0.150. The maximum Gasteiger partial charge on any atom is 0.353 e. The van der Waals surface area contributed by atoms with Crippen molar-refractivity contribution < 1.29 is 19.1 Å². The van der Waals surface area contributed by atoms with Crippen molar-refractivity contribution in [1.82, 2.24) is 5.01 Å². The van der Waals surface area contributed by atoms with Crippen molar-refractivity contribution in [2.75, 3.05) is 7.11 Å². The number of halogens is 1. The van der Waals surface area contributed by atoms with E-state index < -0.39 is 11.9 Å². The zero-order valence-corrected chi connectivity index (χ0v) is 18.7. The summed E-state index contributed by atoms with van der Waals surface area (Å²) >= 11 is 8.87. The van der Waals surface area contributed by atoms with Crippen LogP contribution < -0.4 is 9.47 Å². The Bertz CT molecular complexity index is 1190. The van der Waals surface area contributed by atoms with Gasteiger partial charge in [0.05, 0.1) is 17.7 Å². The van der Waals surface area contributed by atoms with Gasteiger partial charge in [0.25, 0.3) is 5.91 Å². The van der Waals surface area contributed by atoms with E-state index in [-0.39, 0.29) is 27.9 Å². The number of hydrogen-bond donors (Lipinski definition) is 1. The number of rotatable bonds is 5. The number of nitrogens with zero attached hydrogens (tertiary/aromatic N) is 3. The first-order chi connectivity index (χ1) is 14.9. The zero-order chi connectivity index (χ0) is 22.1. The lowest BCUT2D eigenvalue weighted by atomic mass is 10.1. The molecule has 0 spiro atoms. The Morgan fingerprint density at radius 3 is 2.87 bits per heavy atom. The van der Waals surface area contributed by atoms with Gasteiger partial charge in [-0.3, -0.25) is 10.2 Å². The molecule has 8 nitrogen and oxygen atoms in total. The molecule has 0 bridgehead atoms. The summed E-state index contributed by atoms with van der Waals surface area (Å²) < 4.78 is 10.8. The number of methoxy groups -OCH3 is 1. The standard InChI is InChI=1S/C20H15ClN4O4S2/c1-3-15-24-25-17(22)11(18(26)23-20(25)31-15)7-10-8-12(21)16(13(9-10)28-2)29-19(27)14-5-4-6-30-14/h4-9,22H,3H2,1-2H3/b11-7+,22-17?. The molecule has 0 radical (unpaired) electrons. The molecule has 0 saturated carbocycles. The monoisotopic (exact) mass is 474 g/mol. The summed E-state index contributed by atoms with van der Waals surface area (Å²) in [5, 5.41) is 17.1. The SMILES string of the molecule is CCC1=NN2C(=N)/C(=C\c3cc(Cl)c(OC(=O)c4cccs4)c(OC)c3)C(=O)N=C2S1. The molecule has 0 saturated heterocycles. The zero-order valence-electron chi connectivity index (χ0n) is 16.3. The van der Waals surface area contributed by atoms with Crippen molar-refractivity contribution in [3.05, 3.63) is 50.7 Å². The topological polar surface area (TPSA) is 104 Å². The lowest BCUT2D eigenvalue weighted by Crippen LogP contribution is -2.35. The lowest BCUT2D eigenvalue weighted by molar-refractivity contribution is -0.114. The first kappa shape index (κ1) is 21.3. The maximum absolute atomic E-state index is 12.5. The van der Waals surface area contributed by atoms with E-state index in [1.807, 2.05) is 6.92 Å². The molecular formula is C20H15ClN4O4S2.